The van der Waals surface area contributed by atoms with Gasteiger partial charge < -0.3 is 14.1 Å². The van der Waals surface area contributed by atoms with E-state index in [0.29, 0.717) is 0 Å². The van der Waals surface area contributed by atoms with Crippen LogP contribution in [-0.4, -0.2) is 48.2 Å². The molecule has 5 heteroatoms. The lowest BCUT2D eigenvalue weighted by molar-refractivity contribution is 0.0443. The molecule has 0 radical (unpaired) electrons. The van der Waals surface area contributed by atoms with E-state index in [1.165, 1.54) is 5.56 Å². The Hall–Kier alpha value is -2.01. The molecule has 1 aromatic heterocycles. The quantitative estimate of drug-likeness (QED) is 0.854. The van der Waals surface area contributed by atoms with E-state index in [-0.39, 0.29) is 11.7 Å². The van der Waals surface area contributed by atoms with Crippen molar-refractivity contribution in [2.45, 2.75) is 31.4 Å². The molecule has 1 amide bonds. The topological polar surface area (TPSA) is 45.9 Å². The van der Waals surface area contributed by atoms with Crippen molar-refractivity contribution in [3.05, 3.63) is 36.1 Å². The molecule has 1 atom stereocenters. The van der Waals surface area contributed by atoms with Crippen molar-refractivity contribution in [1.29, 1.82) is 0 Å². The highest BCUT2D eigenvalue weighted by Gasteiger charge is 2.44. The van der Waals surface area contributed by atoms with Crippen LogP contribution in [0.1, 0.15) is 24.8 Å². The van der Waals surface area contributed by atoms with Gasteiger partial charge in [0.1, 0.15) is 11.2 Å². The van der Waals surface area contributed by atoms with E-state index < -0.39 is 0 Å². The molecule has 2 aliphatic heterocycles. The number of likely N-dealkylation sites (tertiary alicyclic amines) is 1. The Morgan fingerprint density at radius 2 is 2.13 bits per heavy atom. The van der Waals surface area contributed by atoms with Crippen LogP contribution in [-0.2, 0) is 11.3 Å². The van der Waals surface area contributed by atoms with Crippen LogP contribution in [0.4, 0.5) is 4.79 Å². The van der Waals surface area contributed by atoms with Crippen LogP contribution in [0, 0.1) is 0 Å². The summed E-state index contributed by atoms with van der Waals surface area (Å²) in [5, 5.41) is 1.15. The molecule has 0 aliphatic carbocycles. The summed E-state index contributed by atoms with van der Waals surface area (Å²) >= 11 is 0. The third-order valence-electron chi connectivity index (χ3n) is 5.05. The minimum absolute atomic E-state index is 0.177. The van der Waals surface area contributed by atoms with Crippen molar-refractivity contribution in [2.24, 2.45) is 0 Å². The number of carbonyl (C=O) groups excluding carboxylic acids is 1. The number of carbonyl (C=O) groups is 1. The Morgan fingerprint density at radius 1 is 1.22 bits per heavy atom. The second kappa shape index (κ2) is 5.57. The molecular weight excluding hydrogens is 292 g/mol. The summed E-state index contributed by atoms with van der Waals surface area (Å²) in [4.78, 5) is 15.9. The number of furan rings is 1. The van der Waals surface area contributed by atoms with Gasteiger partial charge in [0.2, 0.25) is 0 Å². The minimum atomic E-state index is -0.269. The third kappa shape index (κ3) is 2.81. The number of benzene rings is 1. The van der Waals surface area contributed by atoms with Gasteiger partial charge in [-0.05, 0) is 43.1 Å². The van der Waals surface area contributed by atoms with E-state index in [9.17, 15) is 4.79 Å². The fourth-order valence-electron chi connectivity index (χ4n) is 3.81. The van der Waals surface area contributed by atoms with Gasteiger partial charge in [0, 0.05) is 31.9 Å². The Morgan fingerprint density at radius 3 is 2.96 bits per heavy atom. The zero-order valence-electron chi connectivity index (χ0n) is 13.5. The van der Waals surface area contributed by atoms with Gasteiger partial charge >= 0.3 is 6.09 Å². The van der Waals surface area contributed by atoms with Crippen LogP contribution in [0.15, 0.2) is 34.9 Å². The molecule has 5 nitrogen and oxygen atoms in total. The summed E-state index contributed by atoms with van der Waals surface area (Å²) in [7, 11) is 1.82. The lowest BCUT2D eigenvalue weighted by Gasteiger charge is -2.25. The molecule has 2 aromatic rings. The van der Waals surface area contributed by atoms with E-state index in [2.05, 4.69) is 17.0 Å². The smallest absolute Gasteiger partial charge is 0.410 e. The van der Waals surface area contributed by atoms with Gasteiger partial charge in [-0.1, -0.05) is 6.07 Å². The van der Waals surface area contributed by atoms with Gasteiger partial charge in [-0.3, -0.25) is 4.90 Å². The van der Waals surface area contributed by atoms with Gasteiger partial charge in [0.05, 0.1) is 12.8 Å². The van der Waals surface area contributed by atoms with Crippen LogP contribution in [0.25, 0.3) is 11.0 Å². The lowest BCUT2D eigenvalue weighted by Crippen LogP contribution is -2.35. The number of hydrogen-bond donors (Lipinski definition) is 0. The van der Waals surface area contributed by atoms with E-state index >= 15 is 0 Å². The highest BCUT2D eigenvalue weighted by Crippen LogP contribution is 2.33. The van der Waals surface area contributed by atoms with Crippen molar-refractivity contribution in [3.63, 3.8) is 0 Å². The van der Waals surface area contributed by atoms with E-state index in [0.717, 1.165) is 56.4 Å². The maximum Gasteiger partial charge on any atom is 0.410 e. The summed E-state index contributed by atoms with van der Waals surface area (Å²) < 4.78 is 11.1. The largest absolute Gasteiger partial charge is 0.464 e. The number of hydrogen-bond acceptors (Lipinski definition) is 4. The van der Waals surface area contributed by atoms with Gasteiger partial charge in [-0.15, -0.1) is 0 Å². The van der Waals surface area contributed by atoms with Crippen molar-refractivity contribution in [3.8, 4) is 0 Å². The summed E-state index contributed by atoms with van der Waals surface area (Å²) in [5.41, 5.74) is 1.97. The molecule has 0 N–H and O–H groups in total. The van der Waals surface area contributed by atoms with E-state index in [1.54, 1.807) is 11.2 Å². The molecule has 2 aliphatic rings. The molecule has 0 unspecified atom stereocenters. The average molecular weight is 314 g/mol. The van der Waals surface area contributed by atoms with Gasteiger partial charge in [-0.25, -0.2) is 4.79 Å². The lowest BCUT2D eigenvalue weighted by atomic mass is 9.95. The summed E-state index contributed by atoms with van der Waals surface area (Å²) in [6.45, 7) is 3.67. The van der Waals surface area contributed by atoms with Crippen LogP contribution in [0.5, 0.6) is 0 Å². The molecule has 122 valence electrons. The number of amides is 1. The summed E-state index contributed by atoms with van der Waals surface area (Å²) in [6.07, 6.45) is 4.49. The Bertz CT molecular complexity index is 726. The first-order chi connectivity index (χ1) is 11.1. The molecule has 4 rings (SSSR count). The predicted molar refractivity (Wildman–Crippen MR) is 87.2 cm³/mol. The Balaban J connectivity index is 1.43. The molecule has 1 aromatic carbocycles. The van der Waals surface area contributed by atoms with Crippen LogP contribution < -0.4 is 0 Å². The average Bonchev–Trinajstić information content (AvgIpc) is 3.03. The standard InChI is InChI=1S/C18H22N2O3/c1-19-13-18(23-17(19)21)6-2-8-20(9-7-18)12-14-3-4-16-15(11-14)5-10-22-16/h3-5,10-11H,2,6-9,12-13H2,1H3/t18-/m0/s1. The maximum atomic E-state index is 11.7. The normalized spacial score (nSPS) is 26.0. The summed E-state index contributed by atoms with van der Waals surface area (Å²) in [5.74, 6) is 0. The molecule has 2 fully saturated rings. The predicted octanol–water partition coefficient (Wildman–Crippen LogP) is 3.24. The first kappa shape index (κ1) is 14.6. The third-order valence-corrected chi connectivity index (χ3v) is 5.05. The molecule has 23 heavy (non-hydrogen) atoms. The van der Waals surface area contributed by atoms with E-state index in [4.69, 9.17) is 9.15 Å². The molecule has 1 spiro atoms. The van der Waals surface area contributed by atoms with Crippen LogP contribution >= 0.6 is 0 Å². The van der Waals surface area contributed by atoms with Gasteiger partial charge in [0.15, 0.2) is 0 Å². The fourth-order valence-corrected chi connectivity index (χ4v) is 3.81. The summed E-state index contributed by atoms with van der Waals surface area (Å²) in [6, 6.07) is 8.38. The molecule has 0 bridgehead atoms. The minimum Gasteiger partial charge on any atom is -0.464 e. The second-order valence-electron chi connectivity index (χ2n) is 6.83. The van der Waals surface area contributed by atoms with Gasteiger partial charge in [0.25, 0.3) is 0 Å². The number of likely N-dealkylation sites (N-methyl/N-ethyl adjacent to an activating group) is 1. The molecule has 3 heterocycles. The molecule has 2 saturated heterocycles. The number of fused-ring (bicyclic) bond motifs is 1. The van der Waals surface area contributed by atoms with Crippen LogP contribution in [0.2, 0.25) is 0 Å². The highest BCUT2D eigenvalue weighted by molar-refractivity contribution is 5.77. The zero-order valence-corrected chi connectivity index (χ0v) is 13.5. The van der Waals surface area contributed by atoms with Crippen molar-refractivity contribution in [2.75, 3.05) is 26.7 Å². The number of rotatable bonds is 2. The monoisotopic (exact) mass is 314 g/mol. The van der Waals surface area contributed by atoms with E-state index in [1.807, 2.05) is 19.2 Å². The first-order valence-electron chi connectivity index (χ1n) is 8.26. The zero-order chi connectivity index (χ0) is 15.9. The Labute approximate surface area is 135 Å². The highest BCUT2D eigenvalue weighted by atomic mass is 16.6. The molecular formula is C18H22N2O3. The number of ether oxygens (including phenoxy) is 1. The first-order valence-corrected chi connectivity index (χ1v) is 8.26. The SMILES string of the molecule is CN1C[C@@]2(CCCN(Cc3ccc4occc4c3)CC2)OC1=O. The van der Waals surface area contributed by atoms with Crippen molar-refractivity contribution < 1.29 is 13.9 Å². The van der Waals surface area contributed by atoms with Gasteiger partial charge in [-0.2, -0.15) is 0 Å². The molecule has 0 saturated carbocycles. The van der Waals surface area contributed by atoms with Crippen LogP contribution in [0.3, 0.4) is 0 Å². The van der Waals surface area contributed by atoms with Crippen molar-refractivity contribution >= 4 is 17.1 Å². The fraction of sp³-hybridized carbons (Fsp3) is 0.500. The maximum absolute atomic E-state index is 11.7. The Kier molecular flexibility index (Phi) is 3.53. The number of nitrogens with zero attached hydrogens (tertiary/aromatic N) is 2. The second-order valence-corrected chi connectivity index (χ2v) is 6.83. The van der Waals surface area contributed by atoms with Crippen molar-refractivity contribution in [1.82, 2.24) is 9.80 Å².